The van der Waals surface area contributed by atoms with Crippen LogP contribution in [0.2, 0.25) is 0 Å². The summed E-state index contributed by atoms with van der Waals surface area (Å²) in [6, 6.07) is 24.2. The highest BCUT2D eigenvalue weighted by molar-refractivity contribution is 6.08. The third-order valence-corrected chi connectivity index (χ3v) is 14.3. The fourth-order valence-corrected chi connectivity index (χ4v) is 9.94. The van der Waals surface area contributed by atoms with E-state index < -0.39 is 0 Å². The zero-order valence-electron chi connectivity index (χ0n) is 45.6. The molecule has 77 heavy (non-hydrogen) atoms. The van der Waals surface area contributed by atoms with E-state index in [-0.39, 0.29) is 35.7 Å². The van der Waals surface area contributed by atoms with Gasteiger partial charge >= 0.3 is 0 Å². The smallest absolute Gasteiger partial charge is 0.255 e. The number of anilines is 2. The highest BCUT2D eigenvalue weighted by Crippen LogP contribution is 2.34. The molecule has 4 aromatic rings. The number of likely N-dealkylation sites (tertiary alicyclic amines) is 1. The number of hydrogen-bond donors (Lipinski definition) is 2. The number of fused-ring (bicyclic) bond motifs is 1. The first-order chi connectivity index (χ1) is 37.7. The Balaban J connectivity index is 0.838. The van der Waals surface area contributed by atoms with Crippen LogP contribution in [0.25, 0.3) is 11.3 Å². The van der Waals surface area contributed by atoms with Crippen LogP contribution < -0.4 is 15.5 Å². The van der Waals surface area contributed by atoms with Gasteiger partial charge in [-0.1, -0.05) is 30.3 Å². The first-order valence-electron chi connectivity index (χ1n) is 27.6. The SMILES string of the molecule is COCCOCCOCCOCCOCCOCCOCCN(C)C(=O)[C@@H]1CCCN1CCN(C)C(=O)c1cccc(C(=O)Nc2ccc(N3CCCCC3)cc2-c2cc(C(=O)NC3CCCc4ccccc43)ccn2)c1. The van der Waals surface area contributed by atoms with Crippen LogP contribution in [0.5, 0.6) is 0 Å². The number of nitrogens with zero attached hydrogens (tertiary/aromatic N) is 5. The minimum absolute atomic E-state index is 0.0337. The molecule has 2 aliphatic heterocycles. The maximum Gasteiger partial charge on any atom is 0.255 e. The summed E-state index contributed by atoms with van der Waals surface area (Å²) in [5, 5.41) is 6.38. The Bertz CT molecular complexity index is 2470. The van der Waals surface area contributed by atoms with Gasteiger partial charge in [0.15, 0.2) is 0 Å². The van der Waals surface area contributed by atoms with Crippen molar-refractivity contribution in [2.45, 2.75) is 63.5 Å². The van der Waals surface area contributed by atoms with E-state index in [0.717, 1.165) is 75.8 Å². The fraction of sp³-hybridized carbons (Fsp3) is 0.542. The van der Waals surface area contributed by atoms with Gasteiger partial charge in [-0.15, -0.1) is 0 Å². The van der Waals surface area contributed by atoms with Gasteiger partial charge in [-0.2, -0.15) is 0 Å². The highest BCUT2D eigenvalue weighted by atomic mass is 16.6. The molecule has 2 saturated heterocycles. The fourth-order valence-electron chi connectivity index (χ4n) is 9.94. The molecular formula is C59H81N7O11. The summed E-state index contributed by atoms with van der Waals surface area (Å²) in [6.07, 6.45) is 9.56. The maximum absolute atomic E-state index is 14.1. The molecule has 18 heteroatoms. The summed E-state index contributed by atoms with van der Waals surface area (Å²) >= 11 is 0. The van der Waals surface area contributed by atoms with Crippen LogP contribution >= 0.6 is 0 Å². The van der Waals surface area contributed by atoms with Gasteiger partial charge in [0.2, 0.25) is 5.91 Å². The lowest BCUT2D eigenvalue weighted by molar-refractivity contribution is -0.135. The molecule has 1 aliphatic carbocycles. The standard InChI is InChI=1S/C59H81N7O11/c1-63(26-27-66-25-11-18-55(66)59(70)64(2)28-29-72-32-33-74-36-37-76-40-41-77-39-38-75-35-34-73-31-30-71-3)58(69)48-15-9-14-46(42-48)56(67)62-53-20-19-49(65-23-7-4-8-24-65)44-51(53)54-43-47(21-22-60-54)57(68)61-52-17-10-13-45-12-5-6-16-50(45)52/h5-6,9,12,14-16,19-22,42-44,52,55H,4,7-8,10-11,13,17-18,23-41H2,1-3H3,(H,61,68)(H,62,67)/t52?,55-/m0/s1. The van der Waals surface area contributed by atoms with Crippen molar-refractivity contribution in [3.63, 3.8) is 0 Å². The van der Waals surface area contributed by atoms with Gasteiger partial charge < -0.3 is 58.5 Å². The number of amides is 4. The second-order valence-electron chi connectivity index (χ2n) is 19.7. The lowest BCUT2D eigenvalue weighted by Crippen LogP contribution is -2.47. The van der Waals surface area contributed by atoms with Crippen LogP contribution in [-0.4, -0.2) is 196 Å². The molecule has 0 saturated carbocycles. The van der Waals surface area contributed by atoms with E-state index >= 15 is 0 Å². The number of rotatable bonds is 32. The van der Waals surface area contributed by atoms with E-state index in [4.69, 9.17) is 38.1 Å². The maximum atomic E-state index is 14.1. The Hall–Kier alpha value is -5.83. The summed E-state index contributed by atoms with van der Waals surface area (Å²) in [5.41, 5.74) is 6.45. The lowest BCUT2D eigenvalue weighted by atomic mass is 9.87. The monoisotopic (exact) mass is 1060 g/mol. The first kappa shape index (κ1) is 58.8. The number of aromatic nitrogens is 1. The second-order valence-corrected chi connectivity index (χ2v) is 19.7. The number of piperidine rings is 1. The van der Waals surface area contributed by atoms with Crippen LogP contribution in [0, 0.1) is 0 Å². The summed E-state index contributed by atoms with van der Waals surface area (Å²) in [6.45, 7) is 10.3. The quantitative estimate of drug-likeness (QED) is 0.0503. The van der Waals surface area contributed by atoms with E-state index in [9.17, 15) is 19.2 Å². The average molecular weight is 1060 g/mol. The van der Waals surface area contributed by atoms with E-state index in [1.807, 2.05) is 30.3 Å². The number of aryl methyl sites for hydroxylation is 1. The predicted octanol–water partition coefficient (Wildman–Crippen LogP) is 6.54. The molecule has 3 aromatic carbocycles. The van der Waals surface area contributed by atoms with Gasteiger partial charge in [-0.3, -0.25) is 29.1 Å². The van der Waals surface area contributed by atoms with E-state index in [2.05, 4.69) is 32.6 Å². The van der Waals surface area contributed by atoms with Gasteiger partial charge in [0.1, 0.15) is 0 Å². The summed E-state index contributed by atoms with van der Waals surface area (Å²) in [4.78, 5) is 68.0. The molecular weight excluding hydrogens is 983 g/mol. The molecule has 1 aromatic heterocycles. The Labute approximate surface area is 455 Å². The number of pyridine rings is 1. The zero-order valence-corrected chi connectivity index (χ0v) is 45.6. The van der Waals surface area contributed by atoms with Crippen LogP contribution in [0.3, 0.4) is 0 Å². The molecule has 18 nitrogen and oxygen atoms in total. The molecule has 0 spiro atoms. The van der Waals surface area contributed by atoms with Crippen molar-refractivity contribution < 1.29 is 52.3 Å². The molecule has 0 radical (unpaired) electrons. The van der Waals surface area contributed by atoms with Crippen molar-refractivity contribution in [2.75, 3.05) is 157 Å². The van der Waals surface area contributed by atoms with E-state index in [0.29, 0.717) is 139 Å². The first-order valence-corrected chi connectivity index (χ1v) is 27.6. The molecule has 4 amide bonds. The number of carbonyl (C=O) groups excluding carboxylic acids is 4. The van der Waals surface area contributed by atoms with Crippen LogP contribution in [0.1, 0.15) is 93.2 Å². The number of ether oxygens (including phenoxy) is 7. The molecule has 3 heterocycles. The van der Waals surface area contributed by atoms with Crippen LogP contribution in [0.15, 0.2) is 85.1 Å². The molecule has 418 valence electrons. The van der Waals surface area contributed by atoms with Crippen molar-refractivity contribution in [1.82, 2.24) is 25.0 Å². The molecule has 3 aliphatic rings. The van der Waals surface area contributed by atoms with Gasteiger partial charge in [0, 0.05) is 88.1 Å². The minimum Gasteiger partial charge on any atom is -0.382 e. The Morgan fingerprint density at radius 3 is 1.96 bits per heavy atom. The Kier molecular flexibility index (Phi) is 24.6. The van der Waals surface area contributed by atoms with Crippen molar-refractivity contribution in [3.8, 4) is 11.3 Å². The molecule has 2 N–H and O–H groups in total. The lowest BCUT2D eigenvalue weighted by Gasteiger charge is -2.29. The number of likely N-dealkylation sites (N-methyl/N-ethyl adjacent to an activating group) is 2. The van der Waals surface area contributed by atoms with E-state index in [1.165, 1.54) is 12.0 Å². The molecule has 7 rings (SSSR count). The number of methoxy groups -OCH3 is 1. The third-order valence-electron chi connectivity index (χ3n) is 14.3. The number of nitrogens with one attached hydrogen (secondary N) is 2. The average Bonchev–Trinajstić information content (AvgIpc) is 3.95. The van der Waals surface area contributed by atoms with Crippen molar-refractivity contribution in [3.05, 3.63) is 113 Å². The topological polar surface area (TPSA) is 183 Å². The van der Waals surface area contributed by atoms with Crippen molar-refractivity contribution in [2.24, 2.45) is 0 Å². The van der Waals surface area contributed by atoms with Gasteiger partial charge in [0.05, 0.1) is 109 Å². The predicted molar refractivity (Wildman–Crippen MR) is 296 cm³/mol. The second kappa shape index (κ2) is 32.2. The summed E-state index contributed by atoms with van der Waals surface area (Å²) < 4.78 is 38.1. The van der Waals surface area contributed by atoms with Crippen molar-refractivity contribution >= 4 is 35.0 Å². The molecule has 0 bridgehead atoms. The normalized spacial score (nSPS) is 16.5. The Morgan fingerprint density at radius 2 is 1.26 bits per heavy atom. The minimum atomic E-state index is -0.380. The largest absolute Gasteiger partial charge is 0.382 e. The van der Waals surface area contributed by atoms with Gasteiger partial charge in [-0.05, 0) is 118 Å². The van der Waals surface area contributed by atoms with Gasteiger partial charge in [0.25, 0.3) is 17.7 Å². The van der Waals surface area contributed by atoms with Crippen LogP contribution in [0.4, 0.5) is 11.4 Å². The number of carbonyl (C=O) groups is 4. The zero-order chi connectivity index (χ0) is 54.0. The van der Waals surface area contributed by atoms with Gasteiger partial charge in [-0.25, -0.2) is 0 Å². The molecule has 2 fully saturated rings. The van der Waals surface area contributed by atoms with E-state index in [1.54, 1.807) is 73.6 Å². The molecule has 2 atom stereocenters. The van der Waals surface area contributed by atoms with Crippen LogP contribution in [-0.2, 0) is 44.4 Å². The Morgan fingerprint density at radius 1 is 0.610 bits per heavy atom. The van der Waals surface area contributed by atoms with Crippen molar-refractivity contribution in [1.29, 1.82) is 0 Å². The summed E-state index contributed by atoms with van der Waals surface area (Å²) in [7, 11) is 5.18. The number of hydrogen-bond acceptors (Lipinski definition) is 14. The highest BCUT2D eigenvalue weighted by Gasteiger charge is 2.33. The third kappa shape index (κ3) is 18.4. The number of benzene rings is 3. The summed E-state index contributed by atoms with van der Waals surface area (Å²) in [5.74, 6) is -0.750. The molecule has 1 unspecified atom stereocenters.